The number of nitrogens with zero attached hydrogens (tertiary/aromatic N) is 1. The number of benzene rings is 1. The molecule has 2 rings (SSSR count). The molecular formula is C14H21BrN2O. The van der Waals surface area contributed by atoms with Crippen LogP contribution in [0.1, 0.15) is 18.9 Å². The second-order valence-corrected chi connectivity index (χ2v) is 5.37. The lowest BCUT2D eigenvalue weighted by Crippen LogP contribution is -2.26. The van der Waals surface area contributed by atoms with Gasteiger partial charge in [-0.2, -0.15) is 0 Å². The highest BCUT2D eigenvalue weighted by Crippen LogP contribution is 2.28. The van der Waals surface area contributed by atoms with Crippen LogP contribution < -0.4 is 10.2 Å². The van der Waals surface area contributed by atoms with Crippen LogP contribution in [0.5, 0.6) is 0 Å². The number of halogens is 1. The maximum absolute atomic E-state index is 5.50. The standard InChI is InChI=1S/C14H21BrN2O/c1-2-16-11-12-4-5-14(13(15)10-12)17-6-3-8-18-9-7-17/h4-5,10,16H,2-3,6-9,11H2,1H3. The van der Waals surface area contributed by atoms with E-state index in [1.807, 2.05) is 0 Å². The lowest BCUT2D eigenvalue weighted by atomic mass is 10.2. The molecule has 18 heavy (non-hydrogen) atoms. The van der Waals surface area contributed by atoms with Gasteiger partial charge in [0.2, 0.25) is 0 Å². The molecule has 1 aliphatic rings. The van der Waals surface area contributed by atoms with Crippen molar-refractivity contribution in [1.29, 1.82) is 0 Å². The summed E-state index contributed by atoms with van der Waals surface area (Å²) in [4.78, 5) is 2.40. The van der Waals surface area contributed by atoms with E-state index < -0.39 is 0 Å². The molecule has 0 atom stereocenters. The molecular weight excluding hydrogens is 292 g/mol. The van der Waals surface area contributed by atoms with Gasteiger partial charge in [0.1, 0.15) is 0 Å². The van der Waals surface area contributed by atoms with Gasteiger partial charge >= 0.3 is 0 Å². The molecule has 1 N–H and O–H groups in total. The fourth-order valence-corrected chi connectivity index (χ4v) is 2.85. The Morgan fingerprint density at radius 2 is 2.22 bits per heavy atom. The van der Waals surface area contributed by atoms with E-state index in [2.05, 4.69) is 51.3 Å². The summed E-state index contributed by atoms with van der Waals surface area (Å²) in [6.07, 6.45) is 1.10. The SMILES string of the molecule is CCNCc1ccc(N2CCCOCC2)c(Br)c1. The lowest BCUT2D eigenvalue weighted by Gasteiger charge is -2.23. The quantitative estimate of drug-likeness (QED) is 0.925. The van der Waals surface area contributed by atoms with Crippen LogP contribution in [0.25, 0.3) is 0 Å². The van der Waals surface area contributed by atoms with E-state index in [1.165, 1.54) is 15.7 Å². The molecule has 1 heterocycles. The molecule has 3 nitrogen and oxygen atoms in total. The van der Waals surface area contributed by atoms with E-state index >= 15 is 0 Å². The molecule has 0 spiro atoms. The summed E-state index contributed by atoms with van der Waals surface area (Å²) in [7, 11) is 0. The third kappa shape index (κ3) is 3.70. The summed E-state index contributed by atoms with van der Waals surface area (Å²) in [6.45, 7) is 7.82. The first kappa shape index (κ1) is 13.8. The summed E-state index contributed by atoms with van der Waals surface area (Å²) in [6, 6.07) is 6.63. The highest BCUT2D eigenvalue weighted by molar-refractivity contribution is 9.10. The van der Waals surface area contributed by atoms with Gasteiger partial charge in [0.15, 0.2) is 0 Å². The van der Waals surface area contributed by atoms with Crippen molar-refractivity contribution in [1.82, 2.24) is 5.32 Å². The first-order valence-corrected chi connectivity index (χ1v) is 7.42. The van der Waals surface area contributed by atoms with E-state index in [0.717, 1.165) is 45.8 Å². The minimum atomic E-state index is 0.825. The minimum absolute atomic E-state index is 0.825. The molecule has 0 amide bonds. The van der Waals surface area contributed by atoms with Gasteiger partial charge in [-0.3, -0.25) is 0 Å². The monoisotopic (exact) mass is 312 g/mol. The van der Waals surface area contributed by atoms with Crippen LogP contribution >= 0.6 is 15.9 Å². The largest absolute Gasteiger partial charge is 0.380 e. The summed E-state index contributed by atoms with van der Waals surface area (Å²) in [5, 5.41) is 3.35. The van der Waals surface area contributed by atoms with Crippen LogP contribution in [0.2, 0.25) is 0 Å². The second-order valence-electron chi connectivity index (χ2n) is 4.52. The van der Waals surface area contributed by atoms with E-state index in [0.29, 0.717) is 0 Å². The van der Waals surface area contributed by atoms with Crippen LogP contribution in [-0.4, -0.2) is 32.8 Å². The van der Waals surface area contributed by atoms with Gasteiger partial charge < -0.3 is 15.0 Å². The van der Waals surface area contributed by atoms with Crippen LogP contribution in [0.3, 0.4) is 0 Å². The molecule has 100 valence electrons. The topological polar surface area (TPSA) is 24.5 Å². The molecule has 1 aliphatic heterocycles. The van der Waals surface area contributed by atoms with E-state index in [4.69, 9.17) is 4.74 Å². The van der Waals surface area contributed by atoms with Crippen molar-refractivity contribution in [3.63, 3.8) is 0 Å². The Balaban J connectivity index is 2.08. The molecule has 1 aromatic carbocycles. The zero-order chi connectivity index (χ0) is 12.8. The van der Waals surface area contributed by atoms with Crippen LogP contribution in [0, 0.1) is 0 Å². The Morgan fingerprint density at radius 1 is 1.33 bits per heavy atom. The van der Waals surface area contributed by atoms with Crippen molar-refractivity contribution in [3.8, 4) is 0 Å². The molecule has 0 aliphatic carbocycles. The van der Waals surface area contributed by atoms with Crippen molar-refractivity contribution in [3.05, 3.63) is 28.2 Å². The third-order valence-electron chi connectivity index (χ3n) is 3.15. The Bertz CT molecular complexity index is 376. The summed E-state index contributed by atoms with van der Waals surface area (Å²) < 4.78 is 6.68. The van der Waals surface area contributed by atoms with Crippen molar-refractivity contribution >= 4 is 21.6 Å². The van der Waals surface area contributed by atoms with Crippen LogP contribution in [0.15, 0.2) is 22.7 Å². The third-order valence-corrected chi connectivity index (χ3v) is 3.79. The van der Waals surface area contributed by atoms with Crippen LogP contribution in [0.4, 0.5) is 5.69 Å². The zero-order valence-corrected chi connectivity index (χ0v) is 12.5. The number of rotatable bonds is 4. The average molecular weight is 313 g/mol. The normalized spacial score (nSPS) is 16.7. The first-order valence-electron chi connectivity index (χ1n) is 6.63. The van der Waals surface area contributed by atoms with Gasteiger partial charge in [0.05, 0.1) is 12.3 Å². The fourth-order valence-electron chi connectivity index (χ4n) is 2.17. The van der Waals surface area contributed by atoms with Crippen molar-refractivity contribution < 1.29 is 4.74 Å². The van der Waals surface area contributed by atoms with Crippen molar-refractivity contribution in [2.75, 3.05) is 37.7 Å². The Hall–Kier alpha value is -0.580. The number of ether oxygens (including phenoxy) is 1. The molecule has 0 aromatic heterocycles. The maximum atomic E-state index is 5.50. The van der Waals surface area contributed by atoms with Gasteiger partial charge in [-0.15, -0.1) is 0 Å². The second kappa shape index (κ2) is 7.12. The minimum Gasteiger partial charge on any atom is -0.380 e. The summed E-state index contributed by atoms with van der Waals surface area (Å²) >= 11 is 3.69. The summed E-state index contributed by atoms with van der Waals surface area (Å²) in [5.41, 5.74) is 2.60. The summed E-state index contributed by atoms with van der Waals surface area (Å²) in [5.74, 6) is 0. The number of hydrogen-bond acceptors (Lipinski definition) is 3. The van der Waals surface area contributed by atoms with E-state index in [9.17, 15) is 0 Å². The average Bonchev–Trinajstić information content (AvgIpc) is 2.65. The maximum Gasteiger partial charge on any atom is 0.0641 e. The first-order chi connectivity index (χ1) is 8.81. The molecule has 0 unspecified atom stereocenters. The fraction of sp³-hybridized carbons (Fsp3) is 0.571. The van der Waals surface area contributed by atoms with E-state index in [-0.39, 0.29) is 0 Å². The highest BCUT2D eigenvalue weighted by Gasteiger charge is 2.12. The zero-order valence-electron chi connectivity index (χ0n) is 10.9. The molecule has 0 bridgehead atoms. The lowest BCUT2D eigenvalue weighted by molar-refractivity contribution is 0.152. The predicted octanol–water partition coefficient (Wildman–Crippen LogP) is 2.79. The van der Waals surface area contributed by atoms with Crippen LogP contribution in [-0.2, 0) is 11.3 Å². The molecule has 0 saturated carbocycles. The number of hydrogen-bond donors (Lipinski definition) is 1. The number of anilines is 1. The van der Waals surface area contributed by atoms with Gasteiger partial charge in [-0.05, 0) is 46.6 Å². The molecule has 0 radical (unpaired) electrons. The van der Waals surface area contributed by atoms with Gasteiger partial charge in [0.25, 0.3) is 0 Å². The van der Waals surface area contributed by atoms with Crippen molar-refractivity contribution in [2.45, 2.75) is 19.9 Å². The smallest absolute Gasteiger partial charge is 0.0641 e. The Morgan fingerprint density at radius 3 is 3.00 bits per heavy atom. The molecule has 1 fully saturated rings. The van der Waals surface area contributed by atoms with Crippen molar-refractivity contribution in [2.24, 2.45) is 0 Å². The Labute approximate surface area is 118 Å². The highest BCUT2D eigenvalue weighted by atomic mass is 79.9. The predicted molar refractivity (Wildman–Crippen MR) is 79.2 cm³/mol. The van der Waals surface area contributed by atoms with E-state index in [1.54, 1.807) is 0 Å². The van der Waals surface area contributed by atoms with Gasteiger partial charge in [-0.25, -0.2) is 0 Å². The molecule has 4 heteroatoms. The molecule has 1 aromatic rings. The molecule has 1 saturated heterocycles. The van der Waals surface area contributed by atoms with Gasteiger partial charge in [-0.1, -0.05) is 13.0 Å². The number of nitrogens with one attached hydrogen (secondary N) is 1. The van der Waals surface area contributed by atoms with Gasteiger partial charge in [0, 0.05) is 30.7 Å². The Kier molecular flexibility index (Phi) is 5.47.